The van der Waals surface area contributed by atoms with Crippen LogP contribution in [-0.4, -0.2) is 70.0 Å². The molecule has 0 saturated carbocycles. The molecule has 0 radical (unpaired) electrons. The van der Waals surface area contributed by atoms with Crippen molar-refractivity contribution in [3.63, 3.8) is 0 Å². The summed E-state index contributed by atoms with van der Waals surface area (Å²) in [7, 11) is 4.02. The topological polar surface area (TPSA) is 58.1 Å². The molecule has 0 spiro atoms. The lowest BCUT2D eigenvalue weighted by atomic mass is 9.88. The van der Waals surface area contributed by atoms with Gasteiger partial charge in [-0.15, -0.1) is 0 Å². The van der Waals surface area contributed by atoms with Crippen LogP contribution in [0.1, 0.15) is 50.6 Å². The summed E-state index contributed by atoms with van der Waals surface area (Å²) >= 11 is 0. The number of nitrogens with one attached hydrogen (secondary N) is 2. The fourth-order valence-corrected chi connectivity index (χ4v) is 4.57. The van der Waals surface area contributed by atoms with Crippen LogP contribution in [0.2, 0.25) is 0 Å². The quantitative estimate of drug-likeness (QED) is 0.503. The molecule has 1 aromatic carbocycles. The van der Waals surface area contributed by atoms with Gasteiger partial charge in [0.25, 0.3) is 0 Å². The van der Waals surface area contributed by atoms with Gasteiger partial charge in [0.1, 0.15) is 0 Å². The lowest BCUT2D eigenvalue weighted by Gasteiger charge is -2.41. The van der Waals surface area contributed by atoms with Crippen molar-refractivity contribution < 1.29 is 9.47 Å². The van der Waals surface area contributed by atoms with Gasteiger partial charge in [-0.3, -0.25) is 4.99 Å². The van der Waals surface area contributed by atoms with Gasteiger partial charge in [0.05, 0.1) is 0 Å². The third-order valence-electron chi connectivity index (χ3n) is 6.64. The summed E-state index contributed by atoms with van der Waals surface area (Å²) in [6.45, 7) is 7.55. The standard InChI is InChI=1S/C24H40N4O2/c1-20(22-7-5-4-6-8-22)27-24(12-17-30-18-13-24)19-26-23(25-2)28(3)14-9-21-10-15-29-16-11-21/h4-8,20-21,27H,9-19H2,1-3H3,(H,25,26). The molecule has 1 aromatic rings. The van der Waals surface area contributed by atoms with Gasteiger partial charge >= 0.3 is 0 Å². The lowest BCUT2D eigenvalue weighted by molar-refractivity contribution is 0.0352. The summed E-state index contributed by atoms with van der Waals surface area (Å²) in [6.07, 6.45) is 5.57. The van der Waals surface area contributed by atoms with Crippen molar-refractivity contribution >= 4 is 5.96 Å². The molecular formula is C24H40N4O2. The van der Waals surface area contributed by atoms with Crippen molar-refractivity contribution in [1.29, 1.82) is 0 Å². The number of guanidine groups is 1. The maximum atomic E-state index is 5.68. The first kappa shape index (κ1) is 23.0. The second-order valence-electron chi connectivity index (χ2n) is 8.84. The van der Waals surface area contributed by atoms with E-state index in [4.69, 9.17) is 9.47 Å². The fraction of sp³-hybridized carbons (Fsp3) is 0.708. The van der Waals surface area contributed by atoms with Gasteiger partial charge in [-0.2, -0.15) is 0 Å². The minimum Gasteiger partial charge on any atom is -0.381 e. The molecule has 168 valence electrons. The molecule has 0 aromatic heterocycles. The SMILES string of the molecule is CN=C(NCC1(NC(C)c2ccccc2)CCOCC1)N(C)CCC1CCOCC1. The summed E-state index contributed by atoms with van der Waals surface area (Å²) in [4.78, 5) is 6.82. The molecule has 30 heavy (non-hydrogen) atoms. The molecule has 2 fully saturated rings. The van der Waals surface area contributed by atoms with Crippen LogP contribution in [0.25, 0.3) is 0 Å². The predicted octanol–water partition coefficient (Wildman–Crippen LogP) is 3.21. The van der Waals surface area contributed by atoms with E-state index < -0.39 is 0 Å². The van der Waals surface area contributed by atoms with Crippen molar-refractivity contribution in [2.45, 2.75) is 50.6 Å². The van der Waals surface area contributed by atoms with Crippen LogP contribution in [0.15, 0.2) is 35.3 Å². The average molecular weight is 417 g/mol. The first-order valence-electron chi connectivity index (χ1n) is 11.5. The van der Waals surface area contributed by atoms with Crippen molar-refractivity contribution in [1.82, 2.24) is 15.5 Å². The van der Waals surface area contributed by atoms with Crippen molar-refractivity contribution in [3.05, 3.63) is 35.9 Å². The van der Waals surface area contributed by atoms with Crippen molar-refractivity contribution in [2.75, 3.05) is 53.6 Å². The summed E-state index contributed by atoms with van der Waals surface area (Å²) in [5, 5.41) is 7.58. The molecule has 2 heterocycles. The Hall–Kier alpha value is -1.63. The van der Waals surface area contributed by atoms with Crippen LogP contribution >= 0.6 is 0 Å². The Morgan fingerprint density at radius 2 is 1.80 bits per heavy atom. The third-order valence-corrected chi connectivity index (χ3v) is 6.64. The second-order valence-corrected chi connectivity index (χ2v) is 8.84. The first-order chi connectivity index (χ1) is 14.6. The normalized spacial score (nSPS) is 21.2. The molecule has 2 aliphatic rings. The molecule has 2 N–H and O–H groups in total. The number of rotatable bonds is 8. The maximum Gasteiger partial charge on any atom is 0.193 e. The highest BCUT2D eigenvalue weighted by Gasteiger charge is 2.34. The summed E-state index contributed by atoms with van der Waals surface area (Å²) < 4.78 is 11.2. The number of aliphatic imine (C=N–C) groups is 1. The highest BCUT2D eigenvalue weighted by Crippen LogP contribution is 2.25. The number of benzene rings is 1. The van der Waals surface area contributed by atoms with Gasteiger partial charge in [0.2, 0.25) is 0 Å². The molecule has 6 nitrogen and oxygen atoms in total. The summed E-state index contributed by atoms with van der Waals surface area (Å²) in [5.41, 5.74) is 1.33. The van der Waals surface area contributed by atoms with Gasteiger partial charge in [-0.1, -0.05) is 30.3 Å². The Morgan fingerprint density at radius 3 is 2.47 bits per heavy atom. The third kappa shape index (κ3) is 6.69. The largest absolute Gasteiger partial charge is 0.381 e. The number of hydrogen-bond acceptors (Lipinski definition) is 4. The van der Waals surface area contributed by atoms with Gasteiger partial charge in [-0.05, 0) is 50.5 Å². The maximum absolute atomic E-state index is 5.68. The summed E-state index contributed by atoms with van der Waals surface area (Å²) in [5.74, 6) is 1.75. The molecular weight excluding hydrogens is 376 g/mol. The molecule has 3 rings (SSSR count). The molecule has 0 bridgehead atoms. The van der Waals surface area contributed by atoms with E-state index in [-0.39, 0.29) is 5.54 Å². The van der Waals surface area contributed by atoms with E-state index in [0.717, 1.165) is 64.2 Å². The Labute approximate surface area is 182 Å². The van der Waals surface area contributed by atoms with E-state index in [9.17, 15) is 0 Å². The van der Waals surface area contributed by atoms with E-state index >= 15 is 0 Å². The van der Waals surface area contributed by atoms with Gasteiger partial charge < -0.3 is 25.0 Å². The van der Waals surface area contributed by atoms with Crippen LogP contribution < -0.4 is 10.6 Å². The van der Waals surface area contributed by atoms with Gasteiger partial charge in [0.15, 0.2) is 5.96 Å². The molecule has 1 atom stereocenters. The highest BCUT2D eigenvalue weighted by atomic mass is 16.5. The van der Waals surface area contributed by atoms with Crippen molar-refractivity contribution in [2.24, 2.45) is 10.9 Å². The van der Waals surface area contributed by atoms with Crippen LogP contribution in [0.3, 0.4) is 0 Å². The second kappa shape index (κ2) is 11.7. The average Bonchev–Trinajstić information content (AvgIpc) is 2.80. The Bertz CT molecular complexity index is 640. The smallest absolute Gasteiger partial charge is 0.193 e. The molecule has 2 saturated heterocycles. The zero-order chi connectivity index (χ0) is 21.2. The number of hydrogen-bond donors (Lipinski definition) is 2. The molecule has 0 amide bonds. The Morgan fingerprint density at radius 1 is 1.13 bits per heavy atom. The van der Waals surface area contributed by atoms with Crippen LogP contribution in [0.4, 0.5) is 0 Å². The van der Waals surface area contributed by atoms with Crippen molar-refractivity contribution in [3.8, 4) is 0 Å². The minimum absolute atomic E-state index is 0.00496. The van der Waals surface area contributed by atoms with E-state index in [1.165, 1.54) is 24.8 Å². The van der Waals surface area contributed by atoms with Crippen LogP contribution in [0.5, 0.6) is 0 Å². The molecule has 2 aliphatic heterocycles. The number of ether oxygens (including phenoxy) is 2. The predicted molar refractivity (Wildman–Crippen MR) is 123 cm³/mol. The number of nitrogens with zero attached hydrogens (tertiary/aromatic N) is 2. The molecule has 0 aliphatic carbocycles. The fourth-order valence-electron chi connectivity index (χ4n) is 4.57. The molecule has 6 heteroatoms. The van der Waals surface area contributed by atoms with E-state index in [0.29, 0.717) is 6.04 Å². The minimum atomic E-state index is 0.00496. The highest BCUT2D eigenvalue weighted by molar-refractivity contribution is 5.79. The van der Waals surface area contributed by atoms with E-state index in [1.54, 1.807) is 0 Å². The lowest BCUT2D eigenvalue weighted by Crippen LogP contribution is -2.58. The van der Waals surface area contributed by atoms with E-state index in [1.807, 2.05) is 7.05 Å². The molecule has 1 unspecified atom stereocenters. The van der Waals surface area contributed by atoms with Crippen LogP contribution in [-0.2, 0) is 9.47 Å². The zero-order valence-electron chi connectivity index (χ0n) is 19.0. The summed E-state index contributed by atoms with van der Waals surface area (Å²) in [6, 6.07) is 11.0. The van der Waals surface area contributed by atoms with Gasteiger partial charge in [-0.25, -0.2) is 0 Å². The zero-order valence-corrected chi connectivity index (χ0v) is 19.0. The first-order valence-corrected chi connectivity index (χ1v) is 11.5. The van der Waals surface area contributed by atoms with E-state index in [2.05, 4.69) is 64.8 Å². The van der Waals surface area contributed by atoms with Gasteiger partial charge in [0, 0.05) is 65.2 Å². The monoisotopic (exact) mass is 416 g/mol. The Balaban J connectivity index is 1.55. The van der Waals surface area contributed by atoms with Crippen LogP contribution in [0, 0.1) is 5.92 Å². The Kier molecular flexibility index (Phi) is 8.97.